The zero-order valence-corrected chi connectivity index (χ0v) is 15.2. The quantitative estimate of drug-likeness (QED) is 0.819. The molecule has 1 aliphatic heterocycles. The van der Waals surface area contributed by atoms with Crippen LogP contribution in [0.1, 0.15) is 30.0 Å². The topological polar surface area (TPSA) is 58.2 Å². The summed E-state index contributed by atoms with van der Waals surface area (Å²) in [5.74, 6) is 0.346. The van der Waals surface area contributed by atoms with Crippen LogP contribution in [0.3, 0.4) is 0 Å². The second-order valence-corrected chi connectivity index (χ2v) is 7.34. The maximum atomic E-state index is 13.5. The fourth-order valence-electron chi connectivity index (χ4n) is 2.94. The molecule has 1 unspecified atom stereocenters. The number of nitrogens with one attached hydrogen (secondary N) is 2. The maximum Gasteiger partial charge on any atom is 0.224 e. The molecule has 26 heavy (non-hydrogen) atoms. The molecular weight excluding hydrogens is 351 g/mol. The van der Waals surface area contributed by atoms with Gasteiger partial charge in [0.15, 0.2) is 0 Å². The van der Waals surface area contributed by atoms with Crippen molar-refractivity contribution in [2.75, 3.05) is 12.3 Å². The minimum atomic E-state index is -0.293. The molecule has 0 fully saturated rings. The van der Waals surface area contributed by atoms with Crippen molar-refractivity contribution in [1.82, 2.24) is 10.6 Å². The molecule has 1 aliphatic rings. The summed E-state index contributed by atoms with van der Waals surface area (Å²) in [6.07, 6.45) is 1.27. The van der Waals surface area contributed by atoms with Crippen LogP contribution in [0, 0.1) is 5.82 Å². The lowest BCUT2D eigenvalue weighted by atomic mass is 10.0. The number of amides is 2. The minimum absolute atomic E-state index is 0.106. The summed E-state index contributed by atoms with van der Waals surface area (Å²) in [5, 5.41) is 5.72. The van der Waals surface area contributed by atoms with E-state index in [0.717, 1.165) is 28.2 Å². The number of carbonyl (C=O) groups is 2. The Balaban J connectivity index is 1.45. The van der Waals surface area contributed by atoms with E-state index in [-0.39, 0.29) is 36.6 Å². The zero-order valence-electron chi connectivity index (χ0n) is 14.3. The first-order valence-corrected chi connectivity index (χ1v) is 9.62. The van der Waals surface area contributed by atoms with Gasteiger partial charge in [0, 0.05) is 23.6 Å². The maximum absolute atomic E-state index is 13.5. The number of halogens is 1. The van der Waals surface area contributed by atoms with E-state index in [1.165, 1.54) is 12.1 Å². The van der Waals surface area contributed by atoms with Crippen molar-refractivity contribution < 1.29 is 14.0 Å². The molecule has 1 heterocycles. The highest BCUT2D eigenvalue weighted by Crippen LogP contribution is 2.36. The summed E-state index contributed by atoms with van der Waals surface area (Å²) >= 11 is 1.68. The number of hydrogen-bond donors (Lipinski definition) is 2. The third-order valence-electron chi connectivity index (χ3n) is 4.23. The number of carbonyl (C=O) groups excluding carboxylic acids is 2. The summed E-state index contributed by atoms with van der Waals surface area (Å²) in [6, 6.07) is 14.0. The molecule has 1 atom stereocenters. The smallest absolute Gasteiger partial charge is 0.224 e. The molecule has 0 spiro atoms. The zero-order chi connectivity index (χ0) is 18.4. The molecule has 2 aromatic carbocycles. The lowest BCUT2D eigenvalue weighted by Crippen LogP contribution is -2.34. The second kappa shape index (κ2) is 8.85. The van der Waals surface area contributed by atoms with Crippen molar-refractivity contribution >= 4 is 23.6 Å². The molecule has 0 saturated carbocycles. The standard InChI is InChI=1S/C20H21FN2O2S/c21-15-6-7-18-16(13-15)17(9-11-26-18)23-19(24)8-10-22-20(25)12-14-4-2-1-3-5-14/h1-7,13,17H,8-12H2,(H,22,25)(H,23,24). The van der Waals surface area contributed by atoms with Crippen LogP contribution in [0.25, 0.3) is 0 Å². The van der Waals surface area contributed by atoms with Crippen molar-refractivity contribution in [3.8, 4) is 0 Å². The van der Waals surface area contributed by atoms with Crippen LogP contribution in [0.15, 0.2) is 53.4 Å². The SMILES string of the molecule is O=C(Cc1ccccc1)NCCC(=O)NC1CCSc2ccc(F)cc21. The van der Waals surface area contributed by atoms with E-state index in [9.17, 15) is 14.0 Å². The minimum Gasteiger partial charge on any atom is -0.355 e. The molecule has 4 nitrogen and oxygen atoms in total. The third kappa shape index (κ3) is 5.08. The van der Waals surface area contributed by atoms with Gasteiger partial charge in [0.1, 0.15) is 5.82 Å². The van der Waals surface area contributed by atoms with Crippen LogP contribution in [-0.4, -0.2) is 24.1 Å². The van der Waals surface area contributed by atoms with Gasteiger partial charge in [-0.05, 0) is 35.7 Å². The van der Waals surface area contributed by atoms with E-state index >= 15 is 0 Å². The Morgan fingerprint density at radius 1 is 1.12 bits per heavy atom. The summed E-state index contributed by atoms with van der Waals surface area (Å²) < 4.78 is 13.5. The first-order chi connectivity index (χ1) is 12.6. The molecule has 0 aromatic heterocycles. The Morgan fingerprint density at radius 2 is 1.92 bits per heavy atom. The van der Waals surface area contributed by atoms with Crippen LogP contribution >= 0.6 is 11.8 Å². The molecule has 136 valence electrons. The molecule has 2 N–H and O–H groups in total. The normalized spacial score (nSPS) is 15.8. The summed E-state index contributed by atoms with van der Waals surface area (Å²) in [4.78, 5) is 25.1. The Kier molecular flexibility index (Phi) is 6.28. The van der Waals surface area contributed by atoms with Gasteiger partial charge in [0.2, 0.25) is 11.8 Å². The number of benzene rings is 2. The fourth-order valence-corrected chi connectivity index (χ4v) is 4.05. The van der Waals surface area contributed by atoms with Crippen molar-refractivity contribution in [2.45, 2.75) is 30.2 Å². The summed E-state index contributed by atoms with van der Waals surface area (Å²) in [7, 11) is 0. The van der Waals surface area contributed by atoms with Crippen LogP contribution in [0.5, 0.6) is 0 Å². The molecule has 6 heteroatoms. The summed E-state index contributed by atoms with van der Waals surface area (Å²) in [5.41, 5.74) is 1.77. The Bertz CT molecular complexity index is 783. The van der Waals surface area contributed by atoms with Crippen LogP contribution < -0.4 is 10.6 Å². The van der Waals surface area contributed by atoms with Gasteiger partial charge in [-0.15, -0.1) is 11.8 Å². The highest BCUT2D eigenvalue weighted by molar-refractivity contribution is 7.99. The van der Waals surface area contributed by atoms with E-state index in [2.05, 4.69) is 10.6 Å². The molecule has 2 amide bonds. The number of rotatable bonds is 6. The average molecular weight is 372 g/mol. The van der Waals surface area contributed by atoms with Gasteiger partial charge in [-0.1, -0.05) is 30.3 Å². The Hall–Kier alpha value is -2.34. The van der Waals surface area contributed by atoms with Gasteiger partial charge >= 0.3 is 0 Å². The van der Waals surface area contributed by atoms with Crippen molar-refractivity contribution in [3.63, 3.8) is 0 Å². The lowest BCUT2D eigenvalue weighted by molar-refractivity contribution is -0.122. The largest absolute Gasteiger partial charge is 0.355 e. The monoisotopic (exact) mass is 372 g/mol. The Labute approximate surface area is 156 Å². The van der Waals surface area contributed by atoms with Crippen LogP contribution in [-0.2, 0) is 16.0 Å². The molecule has 0 bridgehead atoms. The van der Waals surface area contributed by atoms with Crippen molar-refractivity contribution in [2.24, 2.45) is 0 Å². The Morgan fingerprint density at radius 3 is 2.73 bits per heavy atom. The predicted molar refractivity (Wildman–Crippen MR) is 100 cm³/mol. The highest BCUT2D eigenvalue weighted by Gasteiger charge is 2.22. The molecular formula is C20H21FN2O2S. The lowest BCUT2D eigenvalue weighted by Gasteiger charge is -2.26. The highest BCUT2D eigenvalue weighted by atomic mass is 32.2. The first kappa shape index (κ1) is 18.5. The van der Waals surface area contributed by atoms with E-state index in [0.29, 0.717) is 6.42 Å². The summed E-state index contributed by atoms with van der Waals surface area (Å²) in [6.45, 7) is 0.287. The van der Waals surface area contributed by atoms with Crippen molar-refractivity contribution in [1.29, 1.82) is 0 Å². The molecule has 2 aromatic rings. The molecule has 0 radical (unpaired) electrons. The molecule has 0 aliphatic carbocycles. The number of hydrogen-bond acceptors (Lipinski definition) is 3. The average Bonchev–Trinajstić information content (AvgIpc) is 2.63. The molecule has 3 rings (SSSR count). The first-order valence-electron chi connectivity index (χ1n) is 8.64. The second-order valence-electron chi connectivity index (χ2n) is 6.20. The van der Waals surface area contributed by atoms with Gasteiger partial charge in [0.05, 0.1) is 12.5 Å². The predicted octanol–water partition coefficient (Wildman–Crippen LogP) is 3.23. The van der Waals surface area contributed by atoms with E-state index < -0.39 is 0 Å². The van der Waals surface area contributed by atoms with Gasteiger partial charge in [0.25, 0.3) is 0 Å². The number of fused-ring (bicyclic) bond motifs is 1. The van der Waals surface area contributed by atoms with Gasteiger partial charge in [-0.3, -0.25) is 9.59 Å². The van der Waals surface area contributed by atoms with Gasteiger partial charge in [-0.25, -0.2) is 4.39 Å². The van der Waals surface area contributed by atoms with Crippen LogP contribution in [0.4, 0.5) is 4.39 Å². The van der Waals surface area contributed by atoms with E-state index in [4.69, 9.17) is 0 Å². The van der Waals surface area contributed by atoms with E-state index in [1.54, 1.807) is 17.8 Å². The van der Waals surface area contributed by atoms with Gasteiger partial charge < -0.3 is 10.6 Å². The van der Waals surface area contributed by atoms with Gasteiger partial charge in [-0.2, -0.15) is 0 Å². The third-order valence-corrected chi connectivity index (χ3v) is 5.35. The number of thioether (sulfide) groups is 1. The van der Waals surface area contributed by atoms with Crippen molar-refractivity contribution in [3.05, 3.63) is 65.5 Å². The fraction of sp³-hybridized carbons (Fsp3) is 0.300. The van der Waals surface area contributed by atoms with E-state index in [1.807, 2.05) is 30.3 Å². The molecule has 0 saturated heterocycles. The van der Waals surface area contributed by atoms with Crippen LogP contribution in [0.2, 0.25) is 0 Å².